The minimum atomic E-state index is -1.26. The first kappa shape index (κ1) is 28.6. The van der Waals surface area contributed by atoms with Crippen LogP contribution >= 0.6 is 0 Å². The third-order valence-corrected chi connectivity index (χ3v) is 9.51. The summed E-state index contributed by atoms with van der Waals surface area (Å²) in [6.07, 6.45) is 17.3. The van der Waals surface area contributed by atoms with Crippen molar-refractivity contribution in [1.82, 2.24) is 4.98 Å². The number of fused-ring (bicyclic) bond motifs is 5. The summed E-state index contributed by atoms with van der Waals surface area (Å²) in [5, 5.41) is 15.6. The van der Waals surface area contributed by atoms with E-state index in [9.17, 15) is 14.4 Å². The van der Waals surface area contributed by atoms with Crippen LogP contribution in [0.5, 0.6) is 0 Å². The average molecular weight is 538 g/mol. The maximum Gasteiger partial charge on any atom is 0.508 e. The van der Waals surface area contributed by atoms with Gasteiger partial charge in [0.15, 0.2) is 0 Å². The van der Waals surface area contributed by atoms with Crippen LogP contribution in [0.1, 0.15) is 71.3 Å². The summed E-state index contributed by atoms with van der Waals surface area (Å²) in [5.74, 6) is -0.333. The van der Waals surface area contributed by atoms with Gasteiger partial charge in [-0.15, -0.1) is 0 Å². The number of hydrogen-bond donors (Lipinski definition) is 2. The fraction of sp³-hybridized carbons (Fsp3) is 0.548. The number of rotatable bonds is 5. The van der Waals surface area contributed by atoms with E-state index in [0.29, 0.717) is 24.7 Å². The van der Waals surface area contributed by atoms with E-state index in [1.807, 2.05) is 19.3 Å². The van der Waals surface area contributed by atoms with Crippen molar-refractivity contribution in [2.24, 2.45) is 28.6 Å². The number of pyridine rings is 1. The summed E-state index contributed by atoms with van der Waals surface area (Å²) < 4.78 is 10.6. The van der Waals surface area contributed by atoms with Crippen LogP contribution in [0.4, 0.5) is 4.79 Å². The number of carboxylic acids is 2. The van der Waals surface area contributed by atoms with E-state index >= 15 is 0 Å². The molecule has 0 aromatic carbocycles. The van der Waals surface area contributed by atoms with Crippen LogP contribution in [0.15, 0.2) is 54.4 Å². The fourth-order valence-electron chi connectivity index (χ4n) is 7.70. The highest BCUT2D eigenvalue weighted by atomic mass is 16.7. The van der Waals surface area contributed by atoms with E-state index in [-0.39, 0.29) is 16.9 Å². The zero-order valence-electron chi connectivity index (χ0n) is 23.0. The van der Waals surface area contributed by atoms with E-state index in [1.54, 1.807) is 0 Å². The first-order valence-electron chi connectivity index (χ1n) is 13.9. The third kappa shape index (κ3) is 5.94. The Balaban J connectivity index is 0.000000386. The molecule has 6 atom stereocenters. The van der Waals surface area contributed by atoms with Crippen molar-refractivity contribution < 1.29 is 34.1 Å². The van der Waals surface area contributed by atoms with Crippen molar-refractivity contribution >= 4 is 23.7 Å². The molecular formula is C31H39NO7. The van der Waals surface area contributed by atoms with Crippen molar-refractivity contribution in [2.75, 3.05) is 6.61 Å². The average Bonchev–Trinajstić information content (AvgIpc) is 3.26. The number of ether oxygens (including phenoxy) is 2. The standard InChI is InChI=1S/C27H35NO3.C4H4O4/c1-4-30-25(29)31-20-11-13-26(2)19(16-20)7-8-21-23-10-9-22(18-6-5-15-28-17-18)27(23,3)14-12-24(21)26;5-3(6)1-2-4(7)8/h5-7,9,15,17,20-21,23-24H,4,8,10-14,16H2,1-3H3;1-2H,(H,5,6)(H,7,8)/b;2-1-/t20?,21?,23?,24?,26-,27+;/m0./s1. The monoisotopic (exact) mass is 537 g/mol. The van der Waals surface area contributed by atoms with Crippen LogP contribution < -0.4 is 0 Å². The van der Waals surface area contributed by atoms with Gasteiger partial charge in [0.05, 0.1) is 6.61 Å². The van der Waals surface area contributed by atoms with Gasteiger partial charge in [0.25, 0.3) is 0 Å². The Morgan fingerprint density at radius 3 is 2.38 bits per heavy atom. The highest BCUT2D eigenvalue weighted by Gasteiger charge is 2.57. The number of hydrogen-bond acceptors (Lipinski definition) is 6. The number of carboxylic acid groups (broad SMARTS) is 2. The van der Waals surface area contributed by atoms with Crippen LogP contribution in [0.2, 0.25) is 0 Å². The van der Waals surface area contributed by atoms with Gasteiger partial charge in [-0.05, 0) is 91.2 Å². The van der Waals surface area contributed by atoms with Gasteiger partial charge in [-0.25, -0.2) is 14.4 Å². The number of aliphatic carboxylic acids is 2. The minimum absolute atomic E-state index is 0.0332. The van der Waals surface area contributed by atoms with Gasteiger partial charge in [0.2, 0.25) is 0 Å². The molecule has 0 saturated heterocycles. The Morgan fingerprint density at radius 1 is 1.03 bits per heavy atom. The van der Waals surface area contributed by atoms with Crippen LogP contribution in [0.25, 0.3) is 5.57 Å². The molecule has 4 unspecified atom stereocenters. The largest absolute Gasteiger partial charge is 0.508 e. The van der Waals surface area contributed by atoms with E-state index in [2.05, 4.69) is 43.1 Å². The second kappa shape index (κ2) is 11.8. The van der Waals surface area contributed by atoms with Crippen LogP contribution in [-0.2, 0) is 19.1 Å². The Labute approximate surface area is 229 Å². The van der Waals surface area contributed by atoms with E-state index in [4.69, 9.17) is 19.7 Å². The molecule has 0 amide bonds. The number of carbonyl (C=O) groups excluding carboxylic acids is 1. The van der Waals surface area contributed by atoms with E-state index in [1.165, 1.54) is 36.0 Å². The second-order valence-corrected chi connectivity index (χ2v) is 11.5. The molecule has 8 nitrogen and oxygen atoms in total. The topological polar surface area (TPSA) is 123 Å². The normalized spacial score (nSPS) is 32.8. The minimum Gasteiger partial charge on any atom is -0.478 e. The SMILES string of the molecule is CCOC(=O)OC1CC[C@@]2(C)C(=CCC3C2CC[C@]2(C)C(c4cccnc4)=CCC32)C1.O=C(O)/C=C\C(=O)O. The molecule has 2 fully saturated rings. The van der Waals surface area contributed by atoms with Crippen molar-refractivity contribution in [1.29, 1.82) is 0 Å². The molecule has 4 aliphatic carbocycles. The maximum absolute atomic E-state index is 11.8. The third-order valence-electron chi connectivity index (χ3n) is 9.51. The molecule has 0 bridgehead atoms. The first-order valence-corrected chi connectivity index (χ1v) is 13.9. The molecule has 210 valence electrons. The molecule has 4 aliphatic rings. The highest BCUT2D eigenvalue weighted by molar-refractivity contribution is 5.89. The second-order valence-electron chi connectivity index (χ2n) is 11.5. The smallest absolute Gasteiger partial charge is 0.478 e. The predicted molar refractivity (Wildman–Crippen MR) is 146 cm³/mol. The molecular weight excluding hydrogens is 498 g/mol. The summed E-state index contributed by atoms with van der Waals surface area (Å²) in [6.45, 7) is 7.18. The molecule has 39 heavy (non-hydrogen) atoms. The van der Waals surface area contributed by atoms with Gasteiger partial charge >= 0.3 is 18.1 Å². The van der Waals surface area contributed by atoms with Gasteiger partial charge in [-0.1, -0.05) is 37.6 Å². The quantitative estimate of drug-likeness (QED) is 0.255. The predicted octanol–water partition coefficient (Wildman–Crippen LogP) is 6.29. The molecule has 0 spiro atoms. The zero-order valence-corrected chi connectivity index (χ0v) is 23.0. The van der Waals surface area contributed by atoms with Gasteiger partial charge in [-0.3, -0.25) is 4.98 Å². The van der Waals surface area contributed by atoms with E-state index < -0.39 is 18.1 Å². The van der Waals surface area contributed by atoms with Crippen molar-refractivity contribution in [3.05, 3.63) is 60.0 Å². The number of carbonyl (C=O) groups is 3. The lowest BCUT2D eigenvalue weighted by atomic mass is 9.47. The molecule has 8 heteroatoms. The van der Waals surface area contributed by atoms with Gasteiger partial charge in [0.1, 0.15) is 6.10 Å². The van der Waals surface area contributed by atoms with Gasteiger partial charge < -0.3 is 19.7 Å². The summed E-state index contributed by atoms with van der Waals surface area (Å²) in [5.41, 5.74) is 4.86. The lowest BCUT2D eigenvalue weighted by Gasteiger charge is -2.57. The van der Waals surface area contributed by atoms with Crippen LogP contribution in [0.3, 0.4) is 0 Å². The van der Waals surface area contributed by atoms with Gasteiger partial charge in [-0.2, -0.15) is 0 Å². The lowest BCUT2D eigenvalue weighted by Crippen LogP contribution is -2.50. The number of aromatic nitrogens is 1. The molecule has 1 aromatic heterocycles. The van der Waals surface area contributed by atoms with Crippen molar-refractivity contribution in [2.45, 2.75) is 71.8 Å². The zero-order chi connectivity index (χ0) is 28.2. The van der Waals surface area contributed by atoms with Gasteiger partial charge in [0, 0.05) is 31.0 Å². The number of allylic oxidation sites excluding steroid dienone is 3. The summed E-state index contributed by atoms with van der Waals surface area (Å²) in [6, 6.07) is 4.29. The molecule has 0 aliphatic heterocycles. The van der Waals surface area contributed by atoms with Crippen LogP contribution in [-0.4, -0.2) is 46.0 Å². The maximum atomic E-state index is 11.8. The summed E-state index contributed by atoms with van der Waals surface area (Å²) >= 11 is 0. The lowest BCUT2D eigenvalue weighted by molar-refractivity contribution is -0.134. The Morgan fingerprint density at radius 2 is 1.74 bits per heavy atom. The first-order chi connectivity index (χ1) is 18.6. The summed E-state index contributed by atoms with van der Waals surface area (Å²) in [4.78, 5) is 35.3. The van der Waals surface area contributed by atoms with Crippen molar-refractivity contribution in [3.63, 3.8) is 0 Å². The van der Waals surface area contributed by atoms with Crippen molar-refractivity contribution in [3.8, 4) is 0 Å². The summed E-state index contributed by atoms with van der Waals surface area (Å²) in [7, 11) is 0. The molecule has 2 saturated carbocycles. The highest BCUT2D eigenvalue weighted by Crippen LogP contribution is 2.66. The Hall–Kier alpha value is -3.42. The van der Waals surface area contributed by atoms with Crippen LogP contribution in [0, 0.1) is 28.6 Å². The van der Waals surface area contributed by atoms with E-state index in [0.717, 1.165) is 37.5 Å². The fourth-order valence-corrected chi connectivity index (χ4v) is 7.70. The number of nitrogens with zero attached hydrogens (tertiary/aromatic N) is 1. The molecule has 1 aromatic rings. The molecule has 1 heterocycles. The molecule has 5 rings (SSSR count). The Bertz CT molecular complexity index is 1160. The molecule has 2 N–H and O–H groups in total. The molecule has 0 radical (unpaired) electrons. The Kier molecular flexibility index (Phi) is 8.62.